The SMILES string of the molecule is CCC(N[C@@H](C)c1ccccc1OC)c1cccc(Br)c1. The van der Waals surface area contributed by atoms with Crippen LogP contribution in [0.15, 0.2) is 53.0 Å². The van der Waals surface area contributed by atoms with Crippen LogP contribution < -0.4 is 10.1 Å². The lowest BCUT2D eigenvalue weighted by Crippen LogP contribution is -2.24. The van der Waals surface area contributed by atoms with Crippen LogP contribution in [0.1, 0.15) is 43.5 Å². The van der Waals surface area contributed by atoms with Crippen LogP contribution in [0.4, 0.5) is 0 Å². The van der Waals surface area contributed by atoms with Gasteiger partial charge in [0.05, 0.1) is 7.11 Å². The first kappa shape index (κ1) is 16.1. The van der Waals surface area contributed by atoms with Crippen LogP contribution in [0.2, 0.25) is 0 Å². The Morgan fingerprint density at radius 2 is 1.90 bits per heavy atom. The van der Waals surface area contributed by atoms with Crippen LogP contribution in [-0.2, 0) is 0 Å². The number of methoxy groups -OCH3 is 1. The quantitative estimate of drug-likeness (QED) is 0.769. The molecule has 112 valence electrons. The second-order valence-electron chi connectivity index (χ2n) is 5.15. The van der Waals surface area contributed by atoms with Gasteiger partial charge in [-0.25, -0.2) is 0 Å². The van der Waals surface area contributed by atoms with E-state index in [9.17, 15) is 0 Å². The van der Waals surface area contributed by atoms with Crippen molar-refractivity contribution in [1.29, 1.82) is 0 Å². The minimum atomic E-state index is 0.227. The zero-order chi connectivity index (χ0) is 15.2. The Balaban J connectivity index is 2.18. The fourth-order valence-electron chi connectivity index (χ4n) is 2.59. The van der Waals surface area contributed by atoms with Crippen molar-refractivity contribution in [2.45, 2.75) is 32.4 Å². The van der Waals surface area contributed by atoms with Gasteiger partial charge in [-0.1, -0.05) is 53.2 Å². The van der Waals surface area contributed by atoms with E-state index in [2.05, 4.69) is 71.5 Å². The van der Waals surface area contributed by atoms with Crippen molar-refractivity contribution in [3.63, 3.8) is 0 Å². The van der Waals surface area contributed by atoms with Gasteiger partial charge in [0.1, 0.15) is 5.75 Å². The molecule has 21 heavy (non-hydrogen) atoms. The minimum absolute atomic E-state index is 0.227. The minimum Gasteiger partial charge on any atom is -0.496 e. The van der Waals surface area contributed by atoms with Gasteiger partial charge in [0, 0.05) is 22.1 Å². The van der Waals surface area contributed by atoms with Crippen LogP contribution in [0.3, 0.4) is 0 Å². The second-order valence-corrected chi connectivity index (χ2v) is 6.06. The fourth-order valence-corrected chi connectivity index (χ4v) is 3.01. The molecule has 0 aromatic heterocycles. The molecule has 2 rings (SSSR count). The molecule has 0 aliphatic heterocycles. The standard InChI is InChI=1S/C18H22BrNO/c1-4-17(14-8-7-9-15(19)12-14)20-13(2)16-10-5-6-11-18(16)21-3/h5-13,17,20H,4H2,1-3H3/t13-,17?/m0/s1. The molecule has 2 nitrogen and oxygen atoms in total. The van der Waals surface area contributed by atoms with Crippen molar-refractivity contribution in [2.75, 3.05) is 7.11 Å². The molecule has 0 fully saturated rings. The highest BCUT2D eigenvalue weighted by Gasteiger charge is 2.16. The Morgan fingerprint density at radius 1 is 1.14 bits per heavy atom. The van der Waals surface area contributed by atoms with Gasteiger partial charge in [-0.2, -0.15) is 0 Å². The van der Waals surface area contributed by atoms with Gasteiger partial charge in [0.25, 0.3) is 0 Å². The monoisotopic (exact) mass is 347 g/mol. The fraction of sp³-hybridized carbons (Fsp3) is 0.333. The highest BCUT2D eigenvalue weighted by Crippen LogP contribution is 2.28. The van der Waals surface area contributed by atoms with Gasteiger partial charge >= 0.3 is 0 Å². The van der Waals surface area contributed by atoms with Gasteiger partial charge in [0.15, 0.2) is 0 Å². The average molecular weight is 348 g/mol. The number of hydrogen-bond donors (Lipinski definition) is 1. The van der Waals surface area contributed by atoms with Crippen molar-refractivity contribution in [3.05, 3.63) is 64.1 Å². The van der Waals surface area contributed by atoms with E-state index in [1.165, 1.54) is 11.1 Å². The average Bonchev–Trinajstić information content (AvgIpc) is 2.52. The van der Waals surface area contributed by atoms with Crippen LogP contribution in [0.5, 0.6) is 5.75 Å². The van der Waals surface area contributed by atoms with Crippen molar-refractivity contribution >= 4 is 15.9 Å². The summed E-state index contributed by atoms with van der Waals surface area (Å²) in [6, 6.07) is 17.2. The molecule has 1 unspecified atom stereocenters. The maximum atomic E-state index is 5.46. The third-order valence-corrected chi connectivity index (χ3v) is 4.21. The number of halogens is 1. The molecule has 0 saturated carbocycles. The number of para-hydroxylation sites is 1. The first-order valence-corrected chi connectivity index (χ1v) is 8.09. The second kappa shape index (κ2) is 7.62. The predicted octanol–water partition coefficient (Wildman–Crippen LogP) is 5.26. The first-order valence-electron chi connectivity index (χ1n) is 7.30. The summed E-state index contributed by atoms with van der Waals surface area (Å²) in [5.74, 6) is 0.932. The molecule has 0 heterocycles. The number of rotatable bonds is 6. The number of ether oxygens (including phenoxy) is 1. The molecule has 0 aliphatic carbocycles. The van der Waals surface area contributed by atoms with E-state index in [1.54, 1.807) is 7.11 Å². The summed E-state index contributed by atoms with van der Waals surface area (Å²) >= 11 is 3.55. The molecule has 1 N–H and O–H groups in total. The lowest BCUT2D eigenvalue weighted by molar-refractivity contribution is 0.392. The smallest absolute Gasteiger partial charge is 0.123 e. The molecule has 0 saturated heterocycles. The molecular weight excluding hydrogens is 326 g/mol. The summed E-state index contributed by atoms with van der Waals surface area (Å²) in [6.45, 7) is 4.38. The molecule has 0 bridgehead atoms. The van der Waals surface area contributed by atoms with Gasteiger partial charge in [0.2, 0.25) is 0 Å². The van der Waals surface area contributed by atoms with Crippen molar-refractivity contribution in [1.82, 2.24) is 5.32 Å². The highest BCUT2D eigenvalue weighted by molar-refractivity contribution is 9.10. The molecular formula is C18H22BrNO. The van der Waals surface area contributed by atoms with Crippen molar-refractivity contribution in [3.8, 4) is 5.75 Å². The molecule has 0 aliphatic rings. The van der Waals surface area contributed by atoms with Gasteiger partial charge in [-0.3, -0.25) is 0 Å². The topological polar surface area (TPSA) is 21.3 Å². The Hall–Kier alpha value is -1.32. The lowest BCUT2D eigenvalue weighted by atomic mass is 10.0. The zero-order valence-corrected chi connectivity index (χ0v) is 14.4. The Bertz CT molecular complexity index is 585. The molecule has 2 aromatic rings. The molecule has 0 amide bonds. The van der Waals surface area contributed by atoms with E-state index >= 15 is 0 Å². The van der Waals surface area contributed by atoms with E-state index in [0.717, 1.165) is 16.6 Å². The summed E-state index contributed by atoms with van der Waals surface area (Å²) in [5, 5.41) is 3.70. The number of nitrogens with one attached hydrogen (secondary N) is 1. The van der Waals surface area contributed by atoms with E-state index in [-0.39, 0.29) is 6.04 Å². The van der Waals surface area contributed by atoms with Gasteiger partial charge in [-0.05, 0) is 37.1 Å². The summed E-state index contributed by atoms with van der Waals surface area (Å²) < 4.78 is 6.57. The zero-order valence-electron chi connectivity index (χ0n) is 12.8. The van der Waals surface area contributed by atoms with Gasteiger partial charge in [-0.15, -0.1) is 0 Å². The van der Waals surface area contributed by atoms with Crippen LogP contribution >= 0.6 is 15.9 Å². The maximum Gasteiger partial charge on any atom is 0.123 e. The highest BCUT2D eigenvalue weighted by atomic mass is 79.9. The van der Waals surface area contributed by atoms with Crippen LogP contribution in [-0.4, -0.2) is 7.11 Å². The molecule has 2 aromatic carbocycles. The molecule has 2 atom stereocenters. The summed E-state index contributed by atoms with van der Waals surface area (Å²) in [6.07, 6.45) is 1.04. The van der Waals surface area contributed by atoms with Crippen LogP contribution in [0, 0.1) is 0 Å². The first-order chi connectivity index (χ1) is 10.2. The third kappa shape index (κ3) is 4.08. The number of benzene rings is 2. The molecule has 3 heteroatoms. The van der Waals surface area contributed by atoms with Crippen molar-refractivity contribution in [2.24, 2.45) is 0 Å². The lowest BCUT2D eigenvalue weighted by Gasteiger charge is -2.24. The molecule has 0 spiro atoms. The normalized spacial score (nSPS) is 13.7. The predicted molar refractivity (Wildman–Crippen MR) is 91.7 cm³/mol. The number of hydrogen-bond acceptors (Lipinski definition) is 2. The van der Waals surface area contributed by atoms with E-state index in [4.69, 9.17) is 4.74 Å². The van der Waals surface area contributed by atoms with Crippen molar-refractivity contribution < 1.29 is 4.74 Å². The molecule has 0 radical (unpaired) electrons. The Morgan fingerprint density at radius 3 is 2.57 bits per heavy atom. The largest absolute Gasteiger partial charge is 0.496 e. The summed E-state index contributed by atoms with van der Waals surface area (Å²) in [5.41, 5.74) is 2.49. The summed E-state index contributed by atoms with van der Waals surface area (Å²) in [4.78, 5) is 0. The van der Waals surface area contributed by atoms with Gasteiger partial charge < -0.3 is 10.1 Å². The maximum absolute atomic E-state index is 5.46. The van der Waals surface area contributed by atoms with E-state index < -0.39 is 0 Å². The van der Waals surface area contributed by atoms with E-state index in [0.29, 0.717) is 6.04 Å². The third-order valence-electron chi connectivity index (χ3n) is 3.72. The van der Waals surface area contributed by atoms with E-state index in [1.807, 2.05) is 12.1 Å². The Labute approximate surface area is 135 Å². The Kier molecular flexibility index (Phi) is 5.83. The van der Waals surface area contributed by atoms with Crippen LogP contribution in [0.25, 0.3) is 0 Å². The summed E-state index contributed by atoms with van der Waals surface area (Å²) in [7, 11) is 1.72.